The monoisotopic (exact) mass is 200 g/mol. The lowest BCUT2D eigenvalue weighted by atomic mass is 10.1. The molecule has 1 aliphatic heterocycles. The van der Waals surface area contributed by atoms with E-state index >= 15 is 0 Å². The van der Waals surface area contributed by atoms with Gasteiger partial charge >= 0.3 is 0 Å². The summed E-state index contributed by atoms with van der Waals surface area (Å²) >= 11 is 0. The van der Waals surface area contributed by atoms with Crippen LogP contribution in [0, 0.1) is 0 Å². The fourth-order valence-electron chi connectivity index (χ4n) is 1.97. The van der Waals surface area contributed by atoms with Crippen LogP contribution in [0.3, 0.4) is 0 Å². The molecule has 1 aliphatic rings. The molecule has 0 saturated carbocycles. The molecule has 0 N–H and O–H groups in total. The first-order valence-corrected chi connectivity index (χ1v) is 5.98. The Balaban J connectivity index is 2.05. The van der Waals surface area contributed by atoms with E-state index in [1.807, 2.05) is 0 Å². The standard InChI is InChI=1S/C12H24O2/c1-4-5-6-7-8-9-12(3)13-10-11(2)14-12/h11H,4-10H2,1-3H3/t11-,12+/m1/s1. The quantitative estimate of drug-likeness (QED) is 0.611. The third-order valence-electron chi connectivity index (χ3n) is 2.81. The third-order valence-corrected chi connectivity index (χ3v) is 2.81. The van der Waals surface area contributed by atoms with Gasteiger partial charge in [-0.2, -0.15) is 0 Å². The van der Waals surface area contributed by atoms with Crippen LogP contribution in [-0.2, 0) is 9.47 Å². The second-order valence-electron chi connectivity index (χ2n) is 4.54. The molecule has 2 heteroatoms. The van der Waals surface area contributed by atoms with Gasteiger partial charge in [-0.15, -0.1) is 0 Å². The van der Waals surface area contributed by atoms with Crippen molar-refractivity contribution in [3.8, 4) is 0 Å². The van der Waals surface area contributed by atoms with Crippen molar-refractivity contribution in [3.05, 3.63) is 0 Å². The van der Waals surface area contributed by atoms with E-state index in [0.717, 1.165) is 13.0 Å². The zero-order valence-electron chi connectivity index (χ0n) is 9.84. The average molecular weight is 200 g/mol. The van der Waals surface area contributed by atoms with Gasteiger partial charge in [0.25, 0.3) is 0 Å². The molecular weight excluding hydrogens is 176 g/mol. The highest BCUT2D eigenvalue weighted by molar-refractivity contribution is 4.72. The maximum atomic E-state index is 5.73. The van der Waals surface area contributed by atoms with E-state index < -0.39 is 0 Å². The molecule has 0 aromatic carbocycles. The summed E-state index contributed by atoms with van der Waals surface area (Å²) in [5, 5.41) is 0. The Kier molecular flexibility index (Phi) is 4.90. The summed E-state index contributed by atoms with van der Waals surface area (Å²) in [7, 11) is 0. The molecule has 1 fully saturated rings. The first-order chi connectivity index (χ1) is 6.66. The van der Waals surface area contributed by atoms with Gasteiger partial charge in [0.05, 0.1) is 12.7 Å². The van der Waals surface area contributed by atoms with Gasteiger partial charge in [-0.1, -0.05) is 32.6 Å². The smallest absolute Gasteiger partial charge is 0.166 e. The maximum Gasteiger partial charge on any atom is 0.166 e. The van der Waals surface area contributed by atoms with Crippen LogP contribution in [0.1, 0.15) is 59.3 Å². The predicted octanol–water partition coefficient (Wildman–Crippen LogP) is 3.50. The first-order valence-electron chi connectivity index (χ1n) is 5.98. The van der Waals surface area contributed by atoms with Crippen molar-refractivity contribution in [2.24, 2.45) is 0 Å². The van der Waals surface area contributed by atoms with Gasteiger partial charge in [-0.3, -0.25) is 0 Å². The van der Waals surface area contributed by atoms with Gasteiger partial charge in [0.1, 0.15) is 0 Å². The molecule has 0 radical (unpaired) electrons. The zero-order chi connectivity index (χ0) is 10.4. The van der Waals surface area contributed by atoms with Crippen LogP contribution < -0.4 is 0 Å². The molecule has 0 spiro atoms. The Bertz CT molecular complexity index is 158. The summed E-state index contributed by atoms with van der Waals surface area (Å²) in [5.74, 6) is -0.286. The number of unbranched alkanes of at least 4 members (excludes halogenated alkanes) is 4. The summed E-state index contributed by atoms with van der Waals surface area (Å²) in [6.07, 6.45) is 7.86. The van der Waals surface area contributed by atoms with E-state index in [9.17, 15) is 0 Å². The van der Waals surface area contributed by atoms with Gasteiger partial charge in [0.2, 0.25) is 0 Å². The van der Waals surface area contributed by atoms with Gasteiger partial charge in [-0.05, 0) is 20.3 Å². The number of hydrogen-bond acceptors (Lipinski definition) is 2. The maximum absolute atomic E-state index is 5.73. The molecule has 2 nitrogen and oxygen atoms in total. The molecule has 1 saturated heterocycles. The molecule has 0 amide bonds. The van der Waals surface area contributed by atoms with Crippen molar-refractivity contribution in [2.45, 2.75) is 71.2 Å². The summed E-state index contributed by atoms with van der Waals surface area (Å²) < 4.78 is 11.4. The summed E-state index contributed by atoms with van der Waals surface area (Å²) in [4.78, 5) is 0. The SMILES string of the molecule is CCCCCCC[C@@]1(C)OC[C@@H](C)O1. The molecule has 0 aromatic rings. The van der Waals surface area contributed by atoms with Gasteiger partial charge in [-0.25, -0.2) is 0 Å². The van der Waals surface area contributed by atoms with Crippen LogP contribution in [0.25, 0.3) is 0 Å². The Morgan fingerprint density at radius 2 is 1.93 bits per heavy atom. The van der Waals surface area contributed by atoms with E-state index in [4.69, 9.17) is 9.47 Å². The second kappa shape index (κ2) is 5.72. The van der Waals surface area contributed by atoms with E-state index in [1.165, 1.54) is 32.1 Å². The summed E-state index contributed by atoms with van der Waals surface area (Å²) in [6, 6.07) is 0. The molecule has 0 bridgehead atoms. The normalized spacial score (nSPS) is 32.4. The van der Waals surface area contributed by atoms with Crippen molar-refractivity contribution < 1.29 is 9.47 Å². The van der Waals surface area contributed by atoms with Crippen molar-refractivity contribution in [3.63, 3.8) is 0 Å². The highest BCUT2D eigenvalue weighted by atomic mass is 16.7. The average Bonchev–Trinajstić information content (AvgIpc) is 2.47. The molecule has 0 aliphatic carbocycles. The highest BCUT2D eigenvalue weighted by Crippen LogP contribution is 2.28. The molecule has 1 rings (SSSR count). The molecule has 0 aromatic heterocycles. The largest absolute Gasteiger partial charge is 0.348 e. The van der Waals surface area contributed by atoms with Crippen LogP contribution in [-0.4, -0.2) is 18.5 Å². The van der Waals surface area contributed by atoms with Gasteiger partial charge in [0.15, 0.2) is 5.79 Å². The topological polar surface area (TPSA) is 18.5 Å². The van der Waals surface area contributed by atoms with Crippen LogP contribution in [0.2, 0.25) is 0 Å². The van der Waals surface area contributed by atoms with E-state index in [-0.39, 0.29) is 11.9 Å². The first kappa shape index (κ1) is 12.0. The fraction of sp³-hybridized carbons (Fsp3) is 1.00. The lowest BCUT2D eigenvalue weighted by Gasteiger charge is -2.22. The zero-order valence-corrected chi connectivity index (χ0v) is 9.84. The van der Waals surface area contributed by atoms with Gasteiger partial charge in [0, 0.05) is 6.42 Å². The summed E-state index contributed by atoms with van der Waals surface area (Å²) in [5.41, 5.74) is 0. The lowest BCUT2D eigenvalue weighted by molar-refractivity contribution is -0.157. The van der Waals surface area contributed by atoms with Crippen molar-refractivity contribution >= 4 is 0 Å². The number of rotatable bonds is 6. The van der Waals surface area contributed by atoms with Crippen LogP contribution in [0.5, 0.6) is 0 Å². The number of ether oxygens (including phenoxy) is 2. The van der Waals surface area contributed by atoms with Crippen molar-refractivity contribution in [1.82, 2.24) is 0 Å². The molecule has 84 valence electrons. The predicted molar refractivity (Wildman–Crippen MR) is 58.3 cm³/mol. The molecule has 0 unspecified atom stereocenters. The molecular formula is C12H24O2. The fourth-order valence-corrected chi connectivity index (χ4v) is 1.97. The Morgan fingerprint density at radius 1 is 1.21 bits per heavy atom. The number of hydrogen-bond donors (Lipinski definition) is 0. The third kappa shape index (κ3) is 3.97. The minimum Gasteiger partial charge on any atom is -0.348 e. The Morgan fingerprint density at radius 3 is 2.50 bits per heavy atom. The second-order valence-corrected chi connectivity index (χ2v) is 4.54. The van der Waals surface area contributed by atoms with Crippen molar-refractivity contribution in [2.75, 3.05) is 6.61 Å². The highest BCUT2D eigenvalue weighted by Gasteiger charge is 2.34. The minimum atomic E-state index is -0.286. The Hall–Kier alpha value is -0.0800. The van der Waals surface area contributed by atoms with Crippen molar-refractivity contribution in [1.29, 1.82) is 0 Å². The van der Waals surface area contributed by atoms with E-state index in [1.54, 1.807) is 0 Å². The van der Waals surface area contributed by atoms with E-state index in [2.05, 4.69) is 20.8 Å². The van der Waals surface area contributed by atoms with Crippen LogP contribution in [0.15, 0.2) is 0 Å². The lowest BCUT2D eigenvalue weighted by Crippen LogP contribution is -2.25. The van der Waals surface area contributed by atoms with E-state index in [0.29, 0.717) is 0 Å². The minimum absolute atomic E-state index is 0.274. The molecule has 2 atom stereocenters. The van der Waals surface area contributed by atoms with Crippen LogP contribution >= 0.6 is 0 Å². The molecule has 1 heterocycles. The molecule has 14 heavy (non-hydrogen) atoms. The Labute approximate surface area is 88.0 Å². The summed E-state index contributed by atoms with van der Waals surface area (Å²) in [6.45, 7) is 7.14. The van der Waals surface area contributed by atoms with Gasteiger partial charge < -0.3 is 9.47 Å². The van der Waals surface area contributed by atoms with Crippen LogP contribution in [0.4, 0.5) is 0 Å².